The van der Waals surface area contributed by atoms with Crippen LogP contribution in [0, 0.1) is 0 Å². The summed E-state index contributed by atoms with van der Waals surface area (Å²) >= 11 is 1.24. The van der Waals surface area contributed by atoms with E-state index in [0.29, 0.717) is 16.4 Å². The molecular weight excluding hydrogens is 404 g/mol. The summed E-state index contributed by atoms with van der Waals surface area (Å²) in [5.41, 5.74) is 1.10. The van der Waals surface area contributed by atoms with E-state index in [2.05, 4.69) is 4.99 Å². The van der Waals surface area contributed by atoms with Crippen molar-refractivity contribution in [1.82, 2.24) is 0 Å². The van der Waals surface area contributed by atoms with E-state index in [1.165, 1.54) is 18.7 Å². The van der Waals surface area contributed by atoms with Crippen molar-refractivity contribution >= 4 is 50.1 Å². The van der Waals surface area contributed by atoms with Crippen molar-refractivity contribution < 1.29 is 27.9 Å². The minimum atomic E-state index is -3.18. The summed E-state index contributed by atoms with van der Waals surface area (Å²) in [5.74, 6) is -1.57. The van der Waals surface area contributed by atoms with Crippen LogP contribution in [0.3, 0.4) is 0 Å². The standard InChI is InChI=1S/C18H20N2O6S2/c1-11(21)12-4-2-5-13(8-12)20-14-9-28(25,26)10-15(14)27-18(20)19-16(22)6-3-7-17(23)24/h2,4-5,8,14-15H,3,6-7,9-10H2,1H3,(H,23,24)/t14-,15-/m1/s1. The summed E-state index contributed by atoms with van der Waals surface area (Å²) < 4.78 is 24.1. The molecule has 0 bridgehead atoms. The van der Waals surface area contributed by atoms with Crippen LogP contribution in [0.5, 0.6) is 0 Å². The zero-order valence-corrected chi connectivity index (χ0v) is 16.8. The molecule has 0 radical (unpaired) electrons. The predicted octanol–water partition coefficient (Wildman–Crippen LogP) is 1.75. The molecule has 1 aromatic carbocycles. The highest BCUT2D eigenvalue weighted by Crippen LogP contribution is 2.41. The largest absolute Gasteiger partial charge is 0.481 e. The number of benzene rings is 1. The quantitative estimate of drug-likeness (QED) is 0.686. The van der Waals surface area contributed by atoms with Crippen molar-refractivity contribution in [3.8, 4) is 0 Å². The van der Waals surface area contributed by atoms with Gasteiger partial charge >= 0.3 is 5.97 Å². The second kappa shape index (κ2) is 8.04. The van der Waals surface area contributed by atoms with Gasteiger partial charge in [0.2, 0.25) is 5.91 Å². The molecule has 2 aliphatic rings. The number of carboxylic acids is 1. The topological polar surface area (TPSA) is 121 Å². The fourth-order valence-corrected chi connectivity index (χ4v) is 7.23. The first-order chi connectivity index (χ1) is 13.2. The summed E-state index contributed by atoms with van der Waals surface area (Å²) in [6.07, 6.45) is 0.0829. The summed E-state index contributed by atoms with van der Waals surface area (Å²) in [6.45, 7) is 1.45. The molecule has 2 atom stereocenters. The molecule has 28 heavy (non-hydrogen) atoms. The number of carbonyl (C=O) groups excluding carboxylic acids is 2. The first kappa shape index (κ1) is 20.5. The van der Waals surface area contributed by atoms with Crippen LogP contribution in [0.25, 0.3) is 0 Å². The Labute approximate surface area is 166 Å². The second-order valence-corrected chi connectivity index (χ2v) is 10.2. The van der Waals surface area contributed by atoms with Gasteiger partial charge in [-0.2, -0.15) is 4.99 Å². The van der Waals surface area contributed by atoms with Crippen molar-refractivity contribution in [2.24, 2.45) is 4.99 Å². The van der Waals surface area contributed by atoms with Crippen LogP contribution in [0.4, 0.5) is 5.69 Å². The molecule has 0 spiro atoms. The first-order valence-electron chi connectivity index (χ1n) is 8.77. The Hall–Kier alpha value is -2.20. The van der Waals surface area contributed by atoms with E-state index in [1.807, 2.05) is 0 Å². The molecule has 0 unspecified atom stereocenters. The molecule has 2 saturated heterocycles. The van der Waals surface area contributed by atoms with Gasteiger partial charge in [0.25, 0.3) is 0 Å². The number of ketones is 1. The van der Waals surface area contributed by atoms with Crippen LogP contribution in [0.2, 0.25) is 0 Å². The number of nitrogens with zero attached hydrogens (tertiary/aromatic N) is 2. The van der Waals surface area contributed by atoms with Gasteiger partial charge in [-0.15, -0.1) is 0 Å². The number of amidine groups is 1. The summed E-state index contributed by atoms with van der Waals surface area (Å²) in [4.78, 5) is 40.4. The van der Waals surface area contributed by atoms with E-state index in [4.69, 9.17) is 5.11 Å². The van der Waals surface area contributed by atoms with Crippen LogP contribution in [-0.2, 0) is 19.4 Å². The summed E-state index contributed by atoms with van der Waals surface area (Å²) in [7, 11) is -3.18. The van der Waals surface area contributed by atoms with Gasteiger partial charge in [0.05, 0.1) is 17.5 Å². The Morgan fingerprint density at radius 1 is 1.25 bits per heavy atom. The highest BCUT2D eigenvalue weighted by atomic mass is 32.2. The third kappa shape index (κ3) is 4.61. The number of carboxylic acid groups (broad SMARTS) is 1. The van der Waals surface area contributed by atoms with Gasteiger partial charge in [-0.3, -0.25) is 14.4 Å². The number of carbonyl (C=O) groups is 3. The molecular formula is C18H20N2O6S2. The Morgan fingerprint density at radius 2 is 2.00 bits per heavy atom. The highest BCUT2D eigenvalue weighted by Gasteiger charge is 2.49. The number of thioether (sulfide) groups is 1. The number of sulfone groups is 1. The fourth-order valence-electron chi connectivity index (χ4n) is 3.29. The maximum absolute atomic E-state index is 12.2. The van der Waals surface area contributed by atoms with Crippen LogP contribution in [0.1, 0.15) is 36.5 Å². The maximum Gasteiger partial charge on any atom is 0.303 e. The fraction of sp³-hybridized carbons (Fsp3) is 0.444. The van der Waals surface area contributed by atoms with Crippen molar-refractivity contribution in [1.29, 1.82) is 0 Å². The van der Waals surface area contributed by atoms with Crippen LogP contribution in [0.15, 0.2) is 29.3 Å². The number of fused-ring (bicyclic) bond motifs is 1. The molecule has 2 fully saturated rings. The number of Topliss-reactive ketones (excluding diaryl/α,β-unsaturated/α-hetero) is 1. The molecule has 0 aromatic heterocycles. The van der Waals surface area contributed by atoms with Gasteiger partial charge in [0.15, 0.2) is 20.8 Å². The average molecular weight is 425 g/mol. The zero-order valence-electron chi connectivity index (χ0n) is 15.2. The molecule has 8 nitrogen and oxygen atoms in total. The first-order valence-corrected chi connectivity index (χ1v) is 11.5. The molecule has 10 heteroatoms. The van der Waals surface area contributed by atoms with Gasteiger partial charge in [-0.05, 0) is 25.5 Å². The second-order valence-electron chi connectivity index (χ2n) is 6.81. The van der Waals surface area contributed by atoms with E-state index in [0.717, 1.165) is 0 Å². The van der Waals surface area contributed by atoms with Crippen LogP contribution >= 0.6 is 11.8 Å². The number of aliphatic carboxylic acids is 1. The number of aliphatic imine (C=N–C) groups is 1. The Morgan fingerprint density at radius 3 is 2.68 bits per heavy atom. The zero-order chi connectivity index (χ0) is 20.5. The van der Waals surface area contributed by atoms with E-state index < -0.39 is 21.7 Å². The minimum absolute atomic E-state index is 0.00528. The Balaban J connectivity index is 1.90. The van der Waals surface area contributed by atoms with Crippen molar-refractivity contribution in [2.75, 3.05) is 16.4 Å². The van der Waals surface area contributed by atoms with Crippen LogP contribution < -0.4 is 4.90 Å². The highest BCUT2D eigenvalue weighted by molar-refractivity contribution is 8.16. The molecule has 1 amide bonds. The monoisotopic (exact) mass is 424 g/mol. The molecule has 3 rings (SSSR count). The summed E-state index contributed by atoms with van der Waals surface area (Å²) in [5, 5.41) is 8.84. The number of hydrogen-bond acceptors (Lipinski definition) is 6. The average Bonchev–Trinajstić information content (AvgIpc) is 3.05. The number of hydrogen-bond donors (Lipinski definition) is 1. The smallest absolute Gasteiger partial charge is 0.303 e. The lowest BCUT2D eigenvalue weighted by Gasteiger charge is -2.24. The van der Waals surface area contributed by atoms with E-state index >= 15 is 0 Å². The molecule has 2 heterocycles. The van der Waals surface area contributed by atoms with Crippen molar-refractivity contribution in [2.45, 2.75) is 37.5 Å². The summed E-state index contributed by atoms with van der Waals surface area (Å²) in [6, 6.07) is 6.44. The van der Waals surface area contributed by atoms with E-state index in [9.17, 15) is 22.8 Å². The lowest BCUT2D eigenvalue weighted by Crippen LogP contribution is -2.37. The molecule has 2 aliphatic heterocycles. The SMILES string of the molecule is CC(=O)c1cccc(N2C(=NC(=O)CCCC(=O)O)S[C@@H]3CS(=O)(=O)C[C@H]32)c1. The third-order valence-corrected chi connectivity index (χ3v) is 7.81. The molecule has 150 valence electrons. The maximum atomic E-state index is 12.2. The number of anilines is 1. The third-order valence-electron chi connectivity index (χ3n) is 4.60. The number of amides is 1. The lowest BCUT2D eigenvalue weighted by atomic mass is 10.1. The molecule has 1 aromatic rings. The van der Waals surface area contributed by atoms with Crippen LogP contribution in [-0.4, -0.2) is 59.1 Å². The van der Waals surface area contributed by atoms with Gasteiger partial charge in [0.1, 0.15) is 0 Å². The molecule has 0 aliphatic carbocycles. The van der Waals surface area contributed by atoms with E-state index in [1.54, 1.807) is 29.2 Å². The van der Waals surface area contributed by atoms with Crippen molar-refractivity contribution in [3.05, 3.63) is 29.8 Å². The van der Waals surface area contributed by atoms with Gasteiger partial charge in [0, 0.05) is 29.3 Å². The van der Waals surface area contributed by atoms with Crippen molar-refractivity contribution in [3.63, 3.8) is 0 Å². The van der Waals surface area contributed by atoms with E-state index in [-0.39, 0.29) is 47.8 Å². The lowest BCUT2D eigenvalue weighted by molar-refractivity contribution is -0.137. The molecule has 0 saturated carbocycles. The van der Waals surface area contributed by atoms with Gasteiger partial charge in [-0.25, -0.2) is 8.42 Å². The Kier molecular flexibility index (Phi) is 5.90. The van der Waals surface area contributed by atoms with Gasteiger partial charge in [-0.1, -0.05) is 23.9 Å². The number of rotatable bonds is 6. The predicted molar refractivity (Wildman–Crippen MR) is 107 cm³/mol. The molecule has 1 N–H and O–H groups in total. The van der Waals surface area contributed by atoms with Gasteiger partial charge < -0.3 is 10.0 Å². The normalized spacial score (nSPS) is 24.3. The minimum Gasteiger partial charge on any atom is -0.481 e. The Bertz CT molecular complexity index is 957.